The summed E-state index contributed by atoms with van der Waals surface area (Å²) in [6.45, 7) is 0. The third-order valence-electron chi connectivity index (χ3n) is 10.2. The van der Waals surface area contributed by atoms with Crippen molar-refractivity contribution in [2.24, 2.45) is 30.7 Å². The molecule has 0 bridgehead atoms. The Morgan fingerprint density at radius 1 is 0.451 bits per heavy atom. The molecule has 0 heterocycles. The van der Waals surface area contributed by atoms with E-state index in [1.165, 1.54) is 91.0 Å². The van der Waals surface area contributed by atoms with Gasteiger partial charge >= 0.3 is 0 Å². The number of hydrogen-bond acceptors (Lipinski definition) is 24. The van der Waals surface area contributed by atoms with Gasteiger partial charge in [0.2, 0.25) is 11.6 Å². The lowest BCUT2D eigenvalue weighted by Gasteiger charge is -2.20. The van der Waals surface area contributed by atoms with Gasteiger partial charge in [0, 0.05) is 28.2 Å². The molecule has 2 aliphatic rings. The molecule has 0 fully saturated rings. The Bertz CT molecular complexity index is 3800. The van der Waals surface area contributed by atoms with E-state index >= 15 is 0 Å². The first kappa shape index (κ1) is 48.5. The molecule has 0 saturated carbocycles. The molecule has 27 heteroatoms. The van der Waals surface area contributed by atoms with Gasteiger partial charge in [-0.25, -0.2) is 25.3 Å². The van der Waals surface area contributed by atoms with Gasteiger partial charge in [0.25, 0.3) is 0 Å². The predicted octanol–water partition coefficient (Wildman–Crippen LogP) is 6.59. The quantitative estimate of drug-likeness (QED) is 0.0277. The highest BCUT2D eigenvalue weighted by Crippen LogP contribution is 2.34. The number of nitrogen functional groups attached to an aromatic ring is 4. The molecule has 0 spiro atoms. The number of allylic oxidation sites excluding steroid dienone is 2. The number of fused-ring (bicyclic) bond motifs is 2. The van der Waals surface area contributed by atoms with Crippen LogP contribution in [0.15, 0.2) is 161 Å². The fourth-order valence-corrected chi connectivity index (χ4v) is 8.78. The van der Waals surface area contributed by atoms with Crippen LogP contribution in [-0.4, -0.2) is 61.9 Å². The number of carbonyl (C=O) groups excluding carboxylic acids is 2. The minimum absolute atomic E-state index is 0.0428. The lowest BCUT2D eigenvalue weighted by Crippen LogP contribution is -2.27. The van der Waals surface area contributed by atoms with Gasteiger partial charge in [-0.3, -0.25) is 20.4 Å². The first-order valence-electron chi connectivity index (χ1n) is 20.0. The number of hydrazone groups is 2. The highest BCUT2D eigenvalue weighted by atomic mass is 32.2. The number of azo groups is 2. The van der Waals surface area contributed by atoms with E-state index in [0.29, 0.717) is 17.1 Å². The Kier molecular flexibility index (Phi) is 12.9. The van der Waals surface area contributed by atoms with Crippen LogP contribution in [0.2, 0.25) is 0 Å². The SMILES string of the molecule is Nc1ccc(N=Nc2ccc3c(c2)C(=O)/C(=N/Nc2ccc(Nc4ccc(N/N=C5/C(=O)c6cc(N=Nc7ccc(N)cc7N)ccc6C=C5S(=O)(=O)[O-])cc4S(=O)(=O)[O-])cc2)C(S(=O)(=O)[O-])=C3)c(N)c1. The van der Waals surface area contributed by atoms with Crippen LogP contribution in [0.3, 0.4) is 0 Å². The average molecular weight is 1020 g/mol. The van der Waals surface area contributed by atoms with Crippen LogP contribution in [0.4, 0.5) is 68.2 Å². The van der Waals surface area contributed by atoms with Gasteiger partial charge in [-0.2, -0.15) is 20.4 Å². The molecule has 0 radical (unpaired) electrons. The standard InChI is InChI=1S/C44H35N13O11S3/c45-24-3-12-35(33(47)17-24)54-51-28-5-1-22-15-39(70(63,64)65)41(43(58)31(22)19-28)56-50-27-9-7-26(8-10-27)49-37-14-11-30(21-38(37)69(60,61)62)53-57-42-40(71(66,67)68)16-23-2-6-29(20-32(23)44(42)59)52-55-36-13-4-25(46)18-34(36)48/h1-21,49-50,53H,45-48H2,(H,60,61,62)(H,63,64,65)(H,66,67,68)/p-3/b54-51?,55-52?,56-41+,57-42+. The Balaban J connectivity index is 0.998. The van der Waals surface area contributed by atoms with Crippen LogP contribution in [0.25, 0.3) is 12.2 Å². The van der Waals surface area contributed by atoms with Crippen molar-refractivity contribution in [2.45, 2.75) is 4.90 Å². The van der Waals surface area contributed by atoms with Gasteiger partial charge in [-0.1, -0.05) is 12.1 Å². The second kappa shape index (κ2) is 18.8. The number of rotatable bonds is 13. The predicted molar refractivity (Wildman–Crippen MR) is 262 cm³/mol. The summed E-state index contributed by atoms with van der Waals surface area (Å²) in [5.41, 5.74) is 28.6. The second-order valence-electron chi connectivity index (χ2n) is 15.2. The Labute approximate surface area is 402 Å². The molecular weight excluding hydrogens is 983 g/mol. The van der Waals surface area contributed by atoms with Crippen molar-refractivity contribution in [2.75, 3.05) is 39.1 Å². The molecule has 0 aromatic heterocycles. The van der Waals surface area contributed by atoms with E-state index in [-0.39, 0.29) is 73.4 Å². The van der Waals surface area contributed by atoms with Gasteiger partial charge in [-0.05, 0) is 126 Å². The summed E-state index contributed by atoms with van der Waals surface area (Å²) in [7, 11) is -15.8. The number of nitrogens with two attached hydrogens (primary N) is 4. The highest BCUT2D eigenvalue weighted by molar-refractivity contribution is 7.91. The first-order chi connectivity index (χ1) is 33.5. The molecule has 11 N–H and O–H groups in total. The van der Waals surface area contributed by atoms with E-state index < -0.39 is 68.0 Å². The summed E-state index contributed by atoms with van der Waals surface area (Å²) in [5.74, 6) is -1.95. The van der Waals surface area contributed by atoms with Crippen molar-refractivity contribution in [3.63, 3.8) is 0 Å². The highest BCUT2D eigenvalue weighted by Gasteiger charge is 2.31. The topological polar surface area (TPSA) is 420 Å². The monoisotopic (exact) mass is 1010 g/mol. The van der Waals surface area contributed by atoms with Gasteiger partial charge in [0.15, 0.2) is 0 Å². The van der Waals surface area contributed by atoms with Crippen molar-refractivity contribution in [1.29, 1.82) is 0 Å². The summed E-state index contributed by atoms with van der Waals surface area (Å²) in [5, 5.41) is 26.9. The van der Waals surface area contributed by atoms with E-state index in [2.05, 4.69) is 46.8 Å². The number of nitrogens with one attached hydrogen (secondary N) is 3. The maximum Gasteiger partial charge on any atom is 0.215 e. The largest absolute Gasteiger partial charge is 0.744 e. The van der Waals surface area contributed by atoms with Gasteiger partial charge in [0.05, 0.1) is 54.5 Å². The van der Waals surface area contributed by atoms with Crippen molar-refractivity contribution < 1.29 is 48.5 Å². The lowest BCUT2D eigenvalue weighted by atomic mass is 9.94. The zero-order valence-electron chi connectivity index (χ0n) is 35.8. The first-order valence-corrected chi connectivity index (χ1v) is 24.3. The van der Waals surface area contributed by atoms with E-state index in [1.54, 1.807) is 12.1 Å². The van der Waals surface area contributed by atoms with Crippen LogP contribution < -0.4 is 39.1 Å². The fraction of sp³-hybridized carbons (Fsp3) is 0. The molecule has 6 aromatic rings. The number of ketones is 2. The Morgan fingerprint density at radius 2 is 0.887 bits per heavy atom. The average Bonchev–Trinajstić information content (AvgIpc) is 3.30. The summed E-state index contributed by atoms with van der Waals surface area (Å²) in [4.78, 5) is 24.6. The number of anilines is 8. The molecule has 0 aliphatic heterocycles. The van der Waals surface area contributed by atoms with E-state index in [4.69, 9.17) is 22.9 Å². The van der Waals surface area contributed by atoms with Gasteiger partial charge in [-0.15, -0.1) is 10.2 Å². The molecular formula is C44H32N13O11S3-3. The molecule has 6 aromatic carbocycles. The van der Waals surface area contributed by atoms with E-state index in [9.17, 15) is 48.5 Å². The molecule has 0 unspecified atom stereocenters. The van der Waals surface area contributed by atoms with E-state index in [1.807, 2.05) is 0 Å². The molecule has 0 saturated heterocycles. The van der Waals surface area contributed by atoms with Gasteiger partial charge in [0.1, 0.15) is 53.2 Å². The zero-order valence-corrected chi connectivity index (χ0v) is 38.3. The smallest absolute Gasteiger partial charge is 0.215 e. The Morgan fingerprint density at radius 3 is 1.32 bits per heavy atom. The number of carbonyl (C=O) groups is 2. The van der Waals surface area contributed by atoms with Crippen molar-refractivity contribution in [1.82, 2.24) is 0 Å². The van der Waals surface area contributed by atoms with Crippen molar-refractivity contribution in [3.8, 4) is 0 Å². The minimum atomic E-state index is -5.32. The second-order valence-corrected chi connectivity index (χ2v) is 19.2. The summed E-state index contributed by atoms with van der Waals surface area (Å²) in [6.07, 6.45) is 1.92. The van der Waals surface area contributed by atoms with Crippen LogP contribution in [0, 0.1) is 0 Å². The number of Topliss-reactive ketones (excluding diaryl/α,β-unsaturated/α-hetero) is 2. The van der Waals surface area contributed by atoms with Crippen LogP contribution in [0.1, 0.15) is 31.8 Å². The molecule has 24 nitrogen and oxygen atoms in total. The van der Waals surface area contributed by atoms with Crippen LogP contribution in [0.5, 0.6) is 0 Å². The molecule has 8 rings (SSSR count). The van der Waals surface area contributed by atoms with Crippen LogP contribution >= 0.6 is 0 Å². The number of nitrogens with zero attached hydrogens (tertiary/aromatic N) is 6. The van der Waals surface area contributed by atoms with Crippen LogP contribution in [-0.2, 0) is 30.4 Å². The normalized spacial score (nSPS) is 15.1. The van der Waals surface area contributed by atoms with Crippen molar-refractivity contribution >= 4 is 134 Å². The summed E-state index contributed by atoms with van der Waals surface area (Å²) >= 11 is 0. The zero-order chi connectivity index (χ0) is 51.0. The Hall–Kier alpha value is -8.99. The summed E-state index contributed by atoms with van der Waals surface area (Å²) < 4.78 is 111. The maximum atomic E-state index is 13.7. The molecule has 71 heavy (non-hydrogen) atoms. The minimum Gasteiger partial charge on any atom is -0.744 e. The summed E-state index contributed by atoms with van der Waals surface area (Å²) in [6, 6.07) is 26.0. The molecule has 0 amide bonds. The molecule has 0 atom stereocenters. The molecule has 360 valence electrons. The lowest BCUT2D eigenvalue weighted by molar-refractivity contribution is 0.105. The maximum absolute atomic E-state index is 13.7. The third-order valence-corrected chi connectivity index (χ3v) is 12.8. The number of benzene rings is 6. The molecule has 2 aliphatic carbocycles. The fourth-order valence-electron chi connectivity index (χ4n) is 6.83. The third kappa shape index (κ3) is 10.8. The number of hydrogen-bond donors (Lipinski definition) is 7. The van der Waals surface area contributed by atoms with Gasteiger partial charge < -0.3 is 41.9 Å². The van der Waals surface area contributed by atoms with Crippen molar-refractivity contribution in [3.05, 3.63) is 147 Å². The van der Waals surface area contributed by atoms with E-state index in [0.717, 1.165) is 24.3 Å².